The molecule has 2 atom stereocenters. The second kappa shape index (κ2) is 11.0. The number of rotatable bonds is 7. The monoisotopic (exact) mass is 476 g/mol. The second-order valence-electron chi connectivity index (χ2n) is 8.75. The number of esters is 1. The van der Waals surface area contributed by atoms with Crippen molar-refractivity contribution in [2.75, 3.05) is 25.0 Å². The number of likely N-dealkylation sites (tertiary alicyclic amines) is 1. The van der Waals surface area contributed by atoms with Crippen LogP contribution in [0.2, 0.25) is 0 Å². The van der Waals surface area contributed by atoms with Crippen molar-refractivity contribution in [3.8, 4) is 0 Å². The third-order valence-electron chi connectivity index (χ3n) is 6.52. The summed E-state index contributed by atoms with van der Waals surface area (Å²) in [5.74, 6) is -0.366. The highest BCUT2D eigenvalue weighted by Gasteiger charge is 2.35. The van der Waals surface area contributed by atoms with Crippen LogP contribution in [0.5, 0.6) is 0 Å². The fourth-order valence-corrected chi connectivity index (χ4v) is 5.81. The van der Waals surface area contributed by atoms with E-state index < -0.39 is 0 Å². The smallest absolute Gasteiger partial charge is 0.310 e. The molecular weight excluding hydrogens is 444 g/mol. The third-order valence-corrected chi connectivity index (χ3v) is 7.66. The summed E-state index contributed by atoms with van der Waals surface area (Å²) in [4.78, 5) is 29.2. The molecular formula is C28H32N2O3S. The van der Waals surface area contributed by atoms with Crippen LogP contribution < -0.4 is 5.32 Å². The molecule has 1 saturated heterocycles. The molecule has 0 bridgehead atoms. The average Bonchev–Trinajstić information content (AvgIpc) is 3.13. The normalized spacial score (nSPS) is 17.2. The topological polar surface area (TPSA) is 58.6 Å². The summed E-state index contributed by atoms with van der Waals surface area (Å²) in [5.41, 5.74) is 4.08. The van der Waals surface area contributed by atoms with Gasteiger partial charge >= 0.3 is 5.97 Å². The lowest BCUT2D eigenvalue weighted by Gasteiger charge is -2.38. The average molecular weight is 477 g/mol. The zero-order valence-electron chi connectivity index (χ0n) is 20.0. The molecule has 2 heterocycles. The van der Waals surface area contributed by atoms with Gasteiger partial charge < -0.3 is 10.1 Å². The Morgan fingerprint density at radius 1 is 1.09 bits per heavy atom. The van der Waals surface area contributed by atoms with Crippen LogP contribution in [0.25, 0.3) is 0 Å². The third kappa shape index (κ3) is 5.24. The van der Waals surface area contributed by atoms with E-state index in [0.717, 1.165) is 35.5 Å². The first-order valence-corrected chi connectivity index (χ1v) is 12.7. The molecule has 3 aromatic rings. The van der Waals surface area contributed by atoms with Gasteiger partial charge in [-0.05, 0) is 63.4 Å². The molecule has 2 aromatic carbocycles. The number of benzene rings is 2. The summed E-state index contributed by atoms with van der Waals surface area (Å²) in [6.45, 7) is 8.00. The first kappa shape index (κ1) is 24.2. The Bertz CT molecular complexity index is 1130. The zero-order valence-corrected chi connectivity index (χ0v) is 20.9. The summed E-state index contributed by atoms with van der Waals surface area (Å²) in [7, 11) is 0. The molecule has 178 valence electrons. The Kier molecular flexibility index (Phi) is 7.80. The van der Waals surface area contributed by atoms with Crippen molar-refractivity contribution in [1.82, 2.24) is 4.90 Å². The molecule has 1 N–H and O–H groups in total. The fraction of sp³-hybridized carbons (Fsp3) is 0.357. The lowest BCUT2D eigenvalue weighted by atomic mass is 9.90. The summed E-state index contributed by atoms with van der Waals surface area (Å²) >= 11 is 1.62. The quantitative estimate of drug-likeness (QED) is 0.426. The van der Waals surface area contributed by atoms with Crippen molar-refractivity contribution >= 4 is 28.2 Å². The molecule has 4 rings (SSSR count). The number of piperidine rings is 1. The van der Waals surface area contributed by atoms with Crippen LogP contribution in [0.15, 0.2) is 60.7 Å². The predicted octanol–water partition coefficient (Wildman–Crippen LogP) is 5.98. The van der Waals surface area contributed by atoms with E-state index in [0.29, 0.717) is 18.7 Å². The van der Waals surface area contributed by atoms with Gasteiger partial charge in [-0.15, -0.1) is 11.3 Å². The molecule has 0 saturated carbocycles. The minimum absolute atomic E-state index is 0.0607. The van der Waals surface area contributed by atoms with Crippen LogP contribution >= 0.6 is 11.3 Å². The first-order chi connectivity index (χ1) is 16.5. The highest BCUT2D eigenvalue weighted by Crippen LogP contribution is 2.43. The Morgan fingerprint density at radius 2 is 1.76 bits per heavy atom. The van der Waals surface area contributed by atoms with Gasteiger partial charge in [-0.3, -0.25) is 14.5 Å². The predicted molar refractivity (Wildman–Crippen MR) is 137 cm³/mol. The van der Waals surface area contributed by atoms with Gasteiger partial charge in [0.1, 0.15) is 5.00 Å². The van der Waals surface area contributed by atoms with Crippen molar-refractivity contribution < 1.29 is 14.3 Å². The van der Waals surface area contributed by atoms with Crippen molar-refractivity contribution in [3.63, 3.8) is 0 Å². The minimum Gasteiger partial charge on any atom is -0.466 e. The molecule has 1 aliphatic rings. The number of carbonyl (C=O) groups excluding carboxylic acids is 2. The fourth-order valence-electron chi connectivity index (χ4n) is 4.72. The maximum absolute atomic E-state index is 13.1. The Hall–Kier alpha value is -2.96. The van der Waals surface area contributed by atoms with Gasteiger partial charge in [0.05, 0.1) is 18.6 Å². The largest absolute Gasteiger partial charge is 0.466 e. The SMILES string of the molecule is CCOC(=O)[C@@H]1CCCN([C@@H](c2ccccc2)c2c(NC(=O)c3ccccc3)sc(C)c2C)C1. The van der Waals surface area contributed by atoms with Gasteiger partial charge in [0.2, 0.25) is 0 Å². The van der Waals surface area contributed by atoms with Gasteiger partial charge in [0.25, 0.3) is 5.91 Å². The second-order valence-corrected chi connectivity index (χ2v) is 9.97. The van der Waals surface area contributed by atoms with Crippen molar-refractivity contribution in [2.24, 2.45) is 5.92 Å². The lowest BCUT2D eigenvalue weighted by molar-refractivity contribution is -0.150. The number of thiophene rings is 1. The van der Waals surface area contributed by atoms with Gasteiger partial charge in [-0.1, -0.05) is 48.5 Å². The highest BCUT2D eigenvalue weighted by molar-refractivity contribution is 7.16. The summed E-state index contributed by atoms with van der Waals surface area (Å²) in [6, 6.07) is 19.6. The van der Waals surface area contributed by atoms with E-state index in [4.69, 9.17) is 4.74 Å². The standard InChI is InChI=1S/C28H32N2O3S/c1-4-33-28(32)23-16-11-17-30(18-23)25(21-12-7-5-8-13-21)24-19(2)20(3)34-27(24)29-26(31)22-14-9-6-10-15-22/h5-10,12-15,23,25H,4,11,16-18H2,1-3H3,(H,29,31)/t23-,25+/m1/s1. The number of ether oxygens (including phenoxy) is 1. The number of hydrogen-bond acceptors (Lipinski definition) is 5. The Morgan fingerprint density at radius 3 is 2.44 bits per heavy atom. The van der Waals surface area contributed by atoms with Gasteiger partial charge in [-0.2, -0.15) is 0 Å². The molecule has 1 aliphatic heterocycles. The van der Waals surface area contributed by atoms with Gasteiger partial charge in [0.15, 0.2) is 0 Å². The molecule has 0 unspecified atom stereocenters. The maximum Gasteiger partial charge on any atom is 0.310 e. The summed E-state index contributed by atoms with van der Waals surface area (Å²) in [6.07, 6.45) is 1.77. The number of nitrogens with zero attached hydrogens (tertiary/aromatic N) is 1. The van der Waals surface area contributed by atoms with Crippen molar-refractivity contribution in [2.45, 2.75) is 39.7 Å². The van der Waals surface area contributed by atoms with E-state index in [2.05, 4.69) is 36.2 Å². The van der Waals surface area contributed by atoms with Crippen LogP contribution in [-0.4, -0.2) is 36.5 Å². The highest BCUT2D eigenvalue weighted by atomic mass is 32.1. The van der Waals surface area contributed by atoms with Crippen LogP contribution in [0, 0.1) is 19.8 Å². The van der Waals surface area contributed by atoms with Crippen LogP contribution in [0.1, 0.15) is 57.7 Å². The summed E-state index contributed by atoms with van der Waals surface area (Å²) in [5, 5.41) is 4.06. The van der Waals surface area contributed by atoms with Crippen LogP contribution in [-0.2, 0) is 9.53 Å². The van der Waals surface area contributed by atoms with E-state index in [9.17, 15) is 9.59 Å². The number of carbonyl (C=O) groups is 2. The molecule has 6 heteroatoms. The van der Waals surface area contributed by atoms with Crippen LogP contribution in [0.4, 0.5) is 5.00 Å². The Labute approximate surface area is 205 Å². The minimum atomic E-state index is -0.137. The molecule has 1 fully saturated rings. The molecule has 0 aliphatic carbocycles. The molecule has 1 aromatic heterocycles. The first-order valence-electron chi connectivity index (χ1n) is 11.9. The van der Waals surface area contributed by atoms with E-state index in [1.54, 1.807) is 11.3 Å². The maximum atomic E-state index is 13.1. The lowest BCUT2D eigenvalue weighted by Crippen LogP contribution is -2.42. The Balaban J connectivity index is 1.73. The van der Waals surface area contributed by atoms with E-state index >= 15 is 0 Å². The molecule has 0 spiro atoms. The van der Waals surface area contributed by atoms with Crippen molar-refractivity contribution in [1.29, 1.82) is 0 Å². The molecule has 1 amide bonds. The number of amides is 1. The molecule has 0 radical (unpaired) electrons. The molecule has 5 nitrogen and oxygen atoms in total. The number of hydrogen-bond donors (Lipinski definition) is 1. The van der Waals surface area contributed by atoms with Gasteiger partial charge in [0, 0.05) is 22.5 Å². The van der Waals surface area contributed by atoms with Crippen molar-refractivity contribution in [3.05, 3.63) is 87.8 Å². The van der Waals surface area contributed by atoms with Gasteiger partial charge in [-0.25, -0.2) is 0 Å². The van der Waals surface area contributed by atoms with E-state index in [1.165, 1.54) is 10.4 Å². The number of anilines is 1. The number of nitrogens with one attached hydrogen (secondary N) is 1. The summed E-state index contributed by atoms with van der Waals surface area (Å²) < 4.78 is 5.35. The van der Waals surface area contributed by atoms with E-state index in [-0.39, 0.29) is 23.8 Å². The van der Waals surface area contributed by atoms with E-state index in [1.807, 2.05) is 55.5 Å². The van der Waals surface area contributed by atoms with Crippen LogP contribution in [0.3, 0.4) is 0 Å². The number of aryl methyl sites for hydroxylation is 1. The zero-order chi connectivity index (χ0) is 24.1. The molecule has 34 heavy (non-hydrogen) atoms.